The molecule has 3 atom stereocenters. The lowest BCUT2D eigenvalue weighted by Crippen LogP contribution is -2.31. The number of allylic oxidation sites excluding steroid dienone is 2. The fraction of sp³-hybridized carbons (Fsp3) is 0.875. The summed E-state index contributed by atoms with van der Waals surface area (Å²) >= 11 is 0. The van der Waals surface area contributed by atoms with Crippen LogP contribution in [0.4, 0.5) is 0 Å². The van der Waals surface area contributed by atoms with E-state index < -0.39 is 0 Å². The monoisotopic (exact) mass is 233 g/mol. The second-order valence-electron chi connectivity index (χ2n) is 6.82. The number of hydrogen-bond acceptors (Lipinski definition) is 1. The molecule has 1 heteroatoms. The van der Waals surface area contributed by atoms with E-state index in [-0.39, 0.29) is 0 Å². The number of nitrogens with one attached hydrogen (secondary N) is 1. The van der Waals surface area contributed by atoms with E-state index in [0.29, 0.717) is 0 Å². The van der Waals surface area contributed by atoms with E-state index in [9.17, 15) is 0 Å². The Morgan fingerprint density at radius 2 is 1.82 bits per heavy atom. The third kappa shape index (κ3) is 2.76. The zero-order valence-corrected chi connectivity index (χ0v) is 11.2. The number of hydrogen-bond donors (Lipinski definition) is 1. The van der Waals surface area contributed by atoms with Gasteiger partial charge < -0.3 is 5.32 Å². The molecule has 0 spiro atoms. The molecule has 17 heavy (non-hydrogen) atoms. The number of fused-ring (bicyclic) bond motifs is 2. The summed E-state index contributed by atoms with van der Waals surface area (Å²) in [5, 5.41) is 3.76. The minimum Gasteiger partial charge on any atom is -0.316 e. The Morgan fingerprint density at radius 1 is 1.00 bits per heavy atom. The maximum Gasteiger partial charge on any atom is -0.00146 e. The predicted octanol–water partition coefficient (Wildman–Crippen LogP) is 3.61. The Labute approximate surface area is 106 Å². The normalized spacial score (nSPS) is 44.4. The van der Waals surface area contributed by atoms with Crippen molar-refractivity contribution in [3.63, 3.8) is 0 Å². The van der Waals surface area contributed by atoms with Gasteiger partial charge in [0.25, 0.3) is 0 Å². The molecule has 3 unspecified atom stereocenters. The van der Waals surface area contributed by atoms with Crippen LogP contribution in [0.3, 0.4) is 0 Å². The Kier molecular flexibility index (Phi) is 3.56. The van der Waals surface area contributed by atoms with E-state index in [1.54, 1.807) is 0 Å². The molecule has 0 heterocycles. The summed E-state index contributed by atoms with van der Waals surface area (Å²) in [5.74, 6) is 4.76. The van der Waals surface area contributed by atoms with Crippen LogP contribution in [0.25, 0.3) is 0 Å². The maximum atomic E-state index is 3.76. The van der Waals surface area contributed by atoms with Gasteiger partial charge in [-0.3, -0.25) is 0 Å². The predicted molar refractivity (Wildman–Crippen MR) is 72.8 cm³/mol. The summed E-state index contributed by atoms with van der Waals surface area (Å²) in [5.41, 5.74) is 0. The van der Waals surface area contributed by atoms with E-state index >= 15 is 0 Å². The van der Waals surface area contributed by atoms with Gasteiger partial charge in [0.1, 0.15) is 0 Å². The summed E-state index contributed by atoms with van der Waals surface area (Å²) in [6.07, 6.45) is 13.7. The Balaban J connectivity index is 1.34. The van der Waals surface area contributed by atoms with Crippen molar-refractivity contribution < 1.29 is 0 Å². The zero-order valence-electron chi connectivity index (χ0n) is 11.2. The standard InChI is InChI=1S/C16H27N/c1-12-2-4-13(5-3-12)10-17-11-16-9-14-6-7-15(16)8-14/h6-7,12-17H,2-5,8-11H2,1H3. The van der Waals surface area contributed by atoms with Crippen LogP contribution < -0.4 is 5.32 Å². The second-order valence-corrected chi connectivity index (χ2v) is 6.82. The van der Waals surface area contributed by atoms with E-state index in [4.69, 9.17) is 0 Å². The minimum atomic E-state index is 0.916. The highest BCUT2D eigenvalue weighted by Gasteiger charge is 2.35. The lowest BCUT2D eigenvalue weighted by Gasteiger charge is -2.27. The average molecular weight is 233 g/mol. The molecule has 0 aliphatic heterocycles. The van der Waals surface area contributed by atoms with Gasteiger partial charge in [-0.25, -0.2) is 0 Å². The molecule has 2 fully saturated rings. The minimum absolute atomic E-state index is 0.916. The van der Waals surface area contributed by atoms with Gasteiger partial charge in [0.15, 0.2) is 0 Å². The van der Waals surface area contributed by atoms with Gasteiger partial charge in [0, 0.05) is 0 Å². The van der Waals surface area contributed by atoms with Gasteiger partial charge in [-0.15, -0.1) is 0 Å². The number of rotatable bonds is 4. The molecule has 1 N–H and O–H groups in total. The third-order valence-corrected chi connectivity index (χ3v) is 5.39. The van der Waals surface area contributed by atoms with Gasteiger partial charge in [0.2, 0.25) is 0 Å². The largest absolute Gasteiger partial charge is 0.316 e. The van der Waals surface area contributed by atoms with Gasteiger partial charge in [-0.1, -0.05) is 31.9 Å². The van der Waals surface area contributed by atoms with Crippen LogP contribution in [0.5, 0.6) is 0 Å². The van der Waals surface area contributed by atoms with Crippen molar-refractivity contribution in [3.8, 4) is 0 Å². The summed E-state index contributed by atoms with van der Waals surface area (Å²) in [7, 11) is 0. The molecule has 0 aromatic rings. The summed E-state index contributed by atoms with van der Waals surface area (Å²) in [6.45, 7) is 4.97. The van der Waals surface area contributed by atoms with Crippen LogP contribution in [0.1, 0.15) is 45.4 Å². The SMILES string of the molecule is CC1CCC(CNCC2CC3C=CC2C3)CC1. The van der Waals surface area contributed by atoms with Gasteiger partial charge in [-0.05, 0) is 68.4 Å². The fourth-order valence-electron chi connectivity index (χ4n) is 4.14. The highest BCUT2D eigenvalue weighted by molar-refractivity contribution is 5.10. The Morgan fingerprint density at radius 3 is 2.47 bits per heavy atom. The van der Waals surface area contributed by atoms with Gasteiger partial charge >= 0.3 is 0 Å². The van der Waals surface area contributed by atoms with E-state index in [0.717, 1.165) is 29.6 Å². The summed E-state index contributed by atoms with van der Waals surface area (Å²) < 4.78 is 0. The zero-order chi connectivity index (χ0) is 11.7. The van der Waals surface area contributed by atoms with Crippen molar-refractivity contribution in [2.24, 2.45) is 29.6 Å². The first kappa shape index (κ1) is 11.8. The van der Waals surface area contributed by atoms with Crippen molar-refractivity contribution in [2.75, 3.05) is 13.1 Å². The molecule has 0 aromatic carbocycles. The van der Waals surface area contributed by atoms with Crippen molar-refractivity contribution >= 4 is 0 Å². The summed E-state index contributed by atoms with van der Waals surface area (Å²) in [6, 6.07) is 0. The molecule has 0 saturated heterocycles. The van der Waals surface area contributed by atoms with Gasteiger partial charge in [-0.2, -0.15) is 0 Å². The van der Waals surface area contributed by atoms with Crippen LogP contribution in [0, 0.1) is 29.6 Å². The molecule has 0 aromatic heterocycles. The second kappa shape index (κ2) is 5.14. The molecule has 0 radical (unpaired) electrons. The molecule has 96 valence electrons. The van der Waals surface area contributed by atoms with Crippen molar-refractivity contribution in [2.45, 2.75) is 45.4 Å². The quantitative estimate of drug-likeness (QED) is 0.731. The van der Waals surface area contributed by atoms with Crippen LogP contribution >= 0.6 is 0 Å². The van der Waals surface area contributed by atoms with Gasteiger partial charge in [0.05, 0.1) is 0 Å². The fourth-order valence-corrected chi connectivity index (χ4v) is 4.14. The highest BCUT2D eigenvalue weighted by atomic mass is 14.9. The van der Waals surface area contributed by atoms with Crippen molar-refractivity contribution in [3.05, 3.63) is 12.2 Å². The maximum absolute atomic E-state index is 3.76. The van der Waals surface area contributed by atoms with Crippen molar-refractivity contribution in [1.82, 2.24) is 5.32 Å². The first-order valence-electron chi connectivity index (χ1n) is 7.70. The first-order valence-corrected chi connectivity index (χ1v) is 7.70. The molecule has 1 nitrogen and oxygen atoms in total. The highest BCUT2D eigenvalue weighted by Crippen LogP contribution is 2.43. The molecule has 3 aliphatic rings. The molecular formula is C16H27N. The van der Waals surface area contributed by atoms with Crippen molar-refractivity contribution in [1.29, 1.82) is 0 Å². The molecule has 0 amide bonds. The smallest absolute Gasteiger partial charge is 0.00146 e. The third-order valence-electron chi connectivity index (χ3n) is 5.39. The van der Waals surface area contributed by atoms with Crippen LogP contribution in [0.15, 0.2) is 12.2 Å². The molecule has 3 rings (SSSR count). The van der Waals surface area contributed by atoms with Crippen LogP contribution in [-0.4, -0.2) is 13.1 Å². The van der Waals surface area contributed by atoms with E-state index in [1.165, 1.54) is 51.6 Å². The van der Waals surface area contributed by atoms with E-state index in [1.807, 2.05) is 0 Å². The lowest BCUT2D eigenvalue weighted by atomic mass is 9.83. The lowest BCUT2D eigenvalue weighted by molar-refractivity contribution is 0.274. The van der Waals surface area contributed by atoms with Crippen LogP contribution in [-0.2, 0) is 0 Å². The van der Waals surface area contributed by atoms with Crippen LogP contribution in [0.2, 0.25) is 0 Å². The molecule has 3 aliphatic carbocycles. The Hall–Kier alpha value is -0.300. The Bertz CT molecular complexity index is 275. The summed E-state index contributed by atoms with van der Waals surface area (Å²) in [4.78, 5) is 0. The molecular weight excluding hydrogens is 206 g/mol. The molecule has 2 bridgehead atoms. The topological polar surface area (TPSA) is 12.0 Å². The average Bonchev–Trinajstić information content (AvgIpc) is 2.94. The molecule has 2 saturated carbocycles. The van der Waals surface area contributed by atoms with E-state index in [2.05, 4.69) is 24.4 Å². The first-order chi connectivity index (χ1) is 8.31.